The molecule has 0 aromatic heterocycles. The average Bonchev–Trinajstić information content (AvgIpc) is 2.51. The van der Waals surface area contributed by atoms with E-state index in [0.29, 0.717) is 24.8 Å². The number of hydrazine groups is 1. The summed E-state index contributed by atoms with van der Waals surface area (Å²) < 4.78 is 10.1. The molecular weight excluding hydrogens is 286 g/mol. The zero-order valence-electron chi connectivity index (χ0n) is 13.2. The molecule has 2 atom stereocenters. The summed E-state index contributed by atoms with van der Waals surface area (Å²) in [5.41, 5.74) is 10.3. The van der Waals surface area contributed by atoms with Crippen LogP contribution >= 0.6 is 0 Å². The third kappa shape index (κ3) is 7.99. The molecule has 1 saturated heterocycles. The summed E-state index contributed by atoms with van der Waals surface area (Å²) in [5, 5.41) is 0. The zero-order chi connectivity index (χ0) is 16.2. The average molecular weight is 313 g/mol. The normalized spacial score (nSPS) is 21.7. The Morgan fingerprint density at radius 1 is 1.36 bits per heavy atom. The largest absolute Gasteiger partial charge is 0.469 e. The van der Waals surface area contributed by atoms with Crippen molar-refractivity contribution in [3.05, 3.63) is 12.2 Å². The molecule has 1 fully saturated rings. The first kappa shape index (κ1) is 18.4. The number of urea groups is 1. The lowest BCUT2D eigenvalue weighted by atomic mass is 9.86. The Balaban J connectivity index is 2.22. The van der Waals surface area contributed by atoms with Gasteiger partial charge in [-0.2, -0.15) is 0 Å². The molecule has 1 aliphatic rings. The van der Waals surface area contributed by atoms with E-state index in [-0.39, 0.29) is 5.97 Å². The molecule has 1 aliphatic heterocycles. The second-order valence-electron chi connectivity index (χ2n) is 5.43. The van der Waals surface area contributed by atoms with Crippen molar-refractivity contribution in [2.24, 2.45) is 17.6 Å². The smallest absolute Gasteiger partial charge is 0.326 e. The van der Waals surface area contributed by atoms with E-state index >= 15 is 0 Å². The van der Waals surface area contributed by atoms with Crippen molar-refractivity contribution in [3.63, 3.8) is 0 Å². The summed E-state index contributed by atoms with van der Waals surface area (Å²) in [6.07, 6.45) is 8.27. The van der Waals surface area contributed by atoms with Gasteiger partial charge < -0.3 is 15.2 Å². The van der Waals surface area contributed by atoms with Gasteiger partial charge in [0.25, 0.3) is 0 Å². The van der Waals surface area contributed by atoms with Crippen molar-refractivity contribution in [3.8, 4) is 0 Å². The third-order valence-electron chi connectivity index (χ3n) is 3.79. The maximum atomic E-state index is 11.0. The maximum Gasteiger partial charge on any atom is 0.326 e. The second kappa shape index (κ2) is 11.0. The molecule has 2 amide bonds. The number of hydrogen-bond donors (Lipinski definition) is 3. The van der Waals surface area contributed by atoms with Crippen LogP contribution in [0.4, 0.5) is 4.79 Å². The first-order valence-electron chi connectivity index (χ1n) is 7.71. The molecule has 0 aromatic rings. The number of nitrogens with one attached hydrogen (secondary N) is 2. The van der Waals surface area contributed by atoms with Crippen LogP contribution in [0.1, 0.15) is 32.1 Å². The minimum atomic E-state index is -0.575. The fourth-order valence-electron chi connectivity index (χ4n) is 2.49. The predicted molar refractivity (Wildman–Crippen MR) is 82.8 cm³/mol. The molecule has 0 bridgehead atoms. The second-order valence-corrected chi connectivity index (χ2v) is 5.43. The van der Waals surface area contributed by atoms with Gasteiger partial charge in [-0.15, -0.1) is 0 Å². The lowest BCUT2D eigenvalue weighted by Crippen LogP contribution is -2.45. The van der Waals surface area contributed by atoms with Gasteiger partial charge in [-0.05, 0) is 37.5 Å². The first-order chi connectivity index (χ1) is 10.6. The Hall–Kier alpha value is -1.60. The van der Waals surface area contributed by atoms with Gasteiger partial charge in [-0.3, -0.25) is 10.2 Å². The van der Waals surface area contributed by atoms with E-state index in [4.69, 9.17) is 10.5 Å². The number of carbonyl (C=O) groups excluding carboxylic acids is 2. The lowest BCUT2D eigenvalue weighted by Gasteiger charge is -2.31. The van der Waals surface area contributed by atoms with E-state index in [1.807, 2.05) is 0 Å². The van der Waals surface area contributed by atoms with Crippen LogP contribution in [0.5, 0.6) is 0 Å². The van der Waals surface area contributed by atoms with Crippen molar-refractivity contribution >= 4 is 12.0 Å². The van der Waals surface area contributed by atoms with Crippen LogP contribution < -0.4 is 16.6 Å². The highest BCUT2D eigenvalue weighted by molar-refractivity contribution is 5.70. The van der Waals surface area contributed by atoms with Crippen LogP contribution in [0.25, 0.3) is 0 Å². The van der Waals surface area contributed by atoms with Crippen molar-refractivity contribution in [2.45, 2.75) is 32.1 Å². The van der Waals surface area contributed by atoms with E-state index in [9.17, 15) is 9.59 Å². The van der Waals surface area contributed by atoms with Crippen LogP contribution in [0.3, 0.4) is 0 Å². The number of ether oxygens (including phenoxy) is 2. The monoisotopic (exact) mass is 313 g/mol. The van der Waals surface area contributed by atoms with Crippen molar-refractivity contribution in [1.82, 2.24) is 10.9 Å². The fraction of sp³-hybridized carbons (Fsp3) is 0.733. The highest BCUT2D eigenvalue weighted by Gasteiger charge is 2.24. The Morgan fingerprint density at radius 2 is 2.18 bits per heavy atom. The summed E-state index contributed by atoms with van der Waals surface area (Å²) in [6.45, 7) is 2.17. The Kier molecular flexibility index (Phi) is 9.25. The molecule has 7 heteroatoms. The molecule has 0 aliphatic carbocycles. The third-order valence-corrected chi connectivity index (χ3v) is 3.79. The zero-order valence-corrected chi connectivity index (χ0v) is 13.2. The number of primary amides is 1. The Morgan fingerprint density at radius 3 is 2.91 bits per heavy atom. The number of unbranched alkanes of at least 4 members (excludes halogenated alkanes) is 1. The summed E-state index contributed by atoms with van der Waals surface area (Å²) in [4.78, 5) is 21.6. The van der Waals surface area contributed by atoms with Crippen LogP contribution in [0.2, 0.25) is 0 Å². The molecule has 2 unspecified atom stereocenters. The van der Waals surface area contributed by atoms with Crippen LogP contribution in [0, 0.1) is 11.8 Å². The SMILES string of the molecule is COC(=O)CCCC=CCC1COCCC1CNNC(N)=O. The summed E-state index contributed by atoms with van der Waals surface area (Å²) in [7, 11) is 1.41. The minimum absolute atomic E-state index is 0.165. The molecule has 0 spiro atoms. The molecule has 0 aromatic carbocycles. The maximum absolute atomic E-state index is 11.0. The quantitative estimate of drug-likeness (QED) is 0.256. The first-order valence-corrected chi connectivity index (χ1v) is 7.71. The number of carbonyl (C=O) groups is 2. The van der Waals surface area contributed by atoms with Crippen LogP contribution in [-0.4, -0.2) is 38.9 Å². The van der Waals surface area contributed by atoms with Crippen LogP contribution in [0.15, 0.2) is 12.2 Å². The molecule has 0 saturated carbocycles. The van der Waals surface area contributed by atoms with E-state index in [2.05, 4.69) is 27.7 Å². The fourth-order valence-corrected chi connectivity index (χ4v) is 2.49. The van der Waals surface area contributed by atoms with Crippen LogP contribution in [-0.2, 0) is 14.3 Å². The van der Waals surface area contributed by atoms with Gasteiger partial charge in [0, 0.05) is 26.2 Å². The summed E-state index contributed by atoms with van der Waals surface area (Å²) >= 11 is 0. The topological polar surface area (TPSA) is 103 Å². The van der Waals surface area contributed by atoms with Crippen molar-refractivity contribution < 1.29 is 19.1 Å². The highest BCUT2D eigenvalue weighted by atomic mass is 16.5. The van der Waals surface area contributed by atoms with E-state index in [0.717, 1.165) is 38.9 Å². The number of allylic oxidation sites excluding steroid dienone is 2. The molecule has 0 radical (unpaired) electrons. The van der Waals surface area contributed by atoms with Gasteiger partial charge >= 0.3 is 12.0 Å². The molecule has 1 rings (SSSR count). The molecule has 7 nitrogen and oxygen atoms in total. The lowest BCUT2D eigenvalue weighted by molar-refractivity contribution is -0.140. The standard InChI is InChI=1S/C15H27N3O4/c1-21-14(19)7-5-3-2-4-6-13-11-22-9-8-12(13)10-17-18-15(16)20/h2,4,12-13,17H,3,5-11H2,1H3,(H3,16,18,20). The van der Waals surface area contributed by atoms with Gasteiger partial charge in [-0.1, -0.05) is 12.2 Å². The van der Waals surface area contributed by atoms with Gasteiger partial charge in [0.1, 0.15) is 0 Å². The van der Waals surface area contributed by atoms with Gasteiger partial charge in [0.15, 0.2) is 0 Å². The number of amides is 2. The summed E-state index contributed by atoms with van der Waals surface area (Å²) in [5.74, 6) is 0.704. The molecule has 126 valence electrons. The van der Waals surface area contributed by atoms with Gasteiger partial charge in [-0.25, -0.2) is 10.2 Å². The van der Waals surface area contributed by atoms with Gasteiger partial charge in [0.05, 0.1) is 7.11 Å². The number of esters is 1. The molecular formula is C15H27N3O4. The van der Waals surface area contributed by atoms with E-state index in [1.54, 1.807) is 0 Å². The number of nitrogens with two attached hydrogens (primary N) is 1. The minimum Gasteiger partial charge on any atom is -0.469 e. The summed E-state index contributed by atoms with van der Waals surface area (Å²) in [6, 6.07) is -0.575. The number of hydrogen-bond acceptors (Lipinski definition) is 5. The molecule has 4 N–H and O–H groups in total. The van der Waals surface area contributed by atoms with Crippen molar-refractivity contribution in [2.75, 3.05) is 26.9 Å². The Labute approximate surface area is 131 Å². The highest BCUT2D eigenvalue weighted by Crippen LogP contribution is 2.24. The van der Waals surface area contributed by atoms with E-state index < -0.39 is 6.03 Å². The van der Waals surface area contributed by atoms with Crippen molar-refractivity contribution in [1.29, 1.82) is 0 Å². The molecule has 1 heterocycles. The van der Waals surface area contributed by atoms with E-state index in [1.165, 1.54) is 7.11 Å². The number of rotatable bonds is 9. The number of methoxy groups -OCH3 is 1. The molecule has 22 heavy (non-hydrogen) atoms. The predicted octanol–water partition coefficient (Wildman–Crippen LogP) is 1.10. The van der Waals surface area contributed by atoms with Gasteiger partial charge in [0.2, 0.25) is 0 Å². The Bertz CT molecular complexity index is 374.